The minimum absolute atomic E-state index is 0.00973. The zero-order valence-corrected chi connectivity index (χ0v) is 17.9. The molecule has 1 saturated carbocycles. The summed E-state index contributed by atoms with van der Waals surface area (Å²) in [5.41, 5.74) is 10.1. The summed E-state index contributed by atoms with van der Waals surface area (Å²) >= 11 is 0. The first-order valence-corrected chi connectivity index (χ1v) is 10.6. The van der Waals surface area contributed by atoms with E-state index >= 15 is 0 Å². The molecule has 3 aromatic rings. The lowest BCUT2D eigenvalue weighted by atomic mass is 9.65. The molecule has 32 heavy (non-hydrogen) atoms. The number of nitro benzene ring substituents is 1. The van der Waals surface area contributed by atoms with Crippen molar-refractivity contribution in [3.63, 3.8) is 0 Å². The number of nitrogens with two attached hydrogens (primary N) is 1. The fourth-order valence-electron chi connectivity index (χ4n) is 4.82. The van der Waals surface area contributed by atoms with Gasteiger partial charge in [-0.3, -0.25) is 24.5 Å². The van der Waals surface area contributed by atoms with Gasteiger partial charge in [-0.25, -0.2) is 4.98 Å². The van der Waals surface area contributed by atoms with Crippen LogP contribution in [0.25, 0.3) is 5.69 Å². The van der Waals surface area contributed by atoms with Crippen LogP contribution in [0.1, 0.15) is 72.0 Å². The van der Waals surface area contributed by atoms with E-state index in [2.05, 4.69) is 24.0 Å². The molecule has 1 amide bonds. The van der Waals surface area contributed by atoms with E-state index in [4.69, 9.17) is 10.7 Å². The van der Waals surface area contributed by atoms with Gasteiger partial charge in [0.15, 0.2) is 5.69 Å². The number of primary amides is 1. The highest BCUT2D eigenvalue weighted by atomic mass is 16.6. The Hall–Kier alpha value is -3.81. The van der Waals surface area contributed by atoms with Crippen molar-refractivity contribution in [2.24, 2.45) is 10.7 Å². The van der Waals surface area contributed by atoms with Crippen LogP contribution in [-0.4, -0.2) is 26.1 Å². The lowest BCUT2D eigenvalue weighted by Crippen LogP contribution is -2.30. The number of nitro groups is 1. The quantitative estimate of drug-likeness (QED) is 0.493. The highest BCUT2D eigenvalue weighted by molar-refractivity contribution is 6.17. The highest BCUT2D eigenvalue weighted by Crippen LogP contribution is 2.45. The van der Waals surface area contributed by atoms with E-state index < -0.39 is 11.9 Å². The highest BCUT2D eigenvalue weighted by Gasteiger charge is 2.36. The van der Waals surface area contributed by atoms with Gasteiger partial charge in [-0.2, -0.15) is 0 Å². The average molecular weight is 429 g/mol. The number of hydrogen-bond donors (Lipinski definition) is 1. The van der Waals surface area contributed by atoms with Crippen molar-refractivity contribution >= 4 is 17.3 Å². The molecule has 0 unspecified atom stereocenters. The Morgan fingerprint density at radius 3 is 2.62 bits per heavy atom. The monoisotopic (exact) mass is 429 g/mol. The number of hydrogen-bond acceptors (Lipinski definition) is 5. The molecule has 0 saturated heterocycles. The normalized spacial score (nSPS) is 18.6. The van der Waals surface area contributed by atoms with E-state index in [1.54, 1.807) is 24.5 Å². The predicted molar refractivity (Wildman–Crippen MR) is 120 cm³/mol. The third kappa shape index (κ3) is 2.94. The number of carbonyl (C=O) groups is 1. The molecule has 1 aromatic heterocycles. The van der Waals surface area contributed by atoms with Crippen molar-refractivity contribution in [2.75, 3.05) is 0 Å². The zero-order chi connectivity index (χ0) is 22.6. The second kappa shape index (κ2) is 7.12. The summed E-state index contributed by atoms with van der Waals surface area (Å²) in [5.74, 6) is -0.630. The topological polar surface area (TPSA) is 116 Å². The fraction of sp³-hybridized carbons (Fsp3) is 0.292. The van der Waals surface area contributed by atoms with Crippen molar-refractivity contribution in [3.8, 4) is 5.69 Å². The van der Waals surface area contributed by atoms with Crippen LogP contribution in [0.4, 0.5) is 5.69 Å². The molecule has 0 bridgehead atoms. The van der Waals surface area contributed by atoms with Gasteiger partial charge in [-0.05, 0) is 48.9 Å². The van der Waals surface area contributed by atoms with E-state index in [1.807, 2.05) is 17.6 Å². The van der Waals surface area contributed by atoms with Crippen LogP contribution in [0.15, 0.2) is 53.8 Å². The molecule has 1 aliphatic heterocycles. The number of fused-ring (bicyclic) bond motifs is 3. The van der Waals surface area contributed by atoms with Gasteiger partial charge in [0, 0.05) is 11.6 Å². The Morgan fingerprint density at radius 1 is 1.22 bits per heavy atom. The number of carbonyl (C=O) groups excluding carboxylic acids is 1. The maximum atomic E-state index is 12.0. The number of nitrogens with zero attached hydrogens (tertiary/aromatic N) is 4. The van der Waals surface area contributed by atoms with Gasteiger partial charge in [0.25, 0.3) is 11.6 Å². The van der Waals surface area contributed by atoms with Crippen LogP contribution in [0.3, 0.4) is 0 Å². The molecule has 8 heteroatoms. The third-order valence-electron chi connectivity index (χ3n) is 6.78. The average Bonchev–Trinajstić information content (AvgIpc) is 3.16. The molecule has 5 rings (SSSR count). The minimum Gasteiger partial charge on any atom is -0.364 e. The van der Waals surface area contributed by atoms with Crippen molar-refractivity contribution in [2.45, 2.75) is 44.6 Å². The lowest BCUT2D eigenvalue weighted by Gasteiger charge is -2.39. The molecule has 0 radical (unpaired) electrons. The van der Waals surface area contributed by atoms with Gasteiger partial charge < -0.3 is 5.73 Å². The van der Waals surface area contributed by atoms with Crippen molar-refractivity contribution in [1.82, 2.24) is 9.55 Å². The molecule has 1 fully saturated rings. The summed E-state index contributed by atoms with van der Waals surface area (Å²) in [4.78, 5) is 32.6. The lowest BCUT2D eigenvalue weighted by molar-refractivity contribution is -0.385. The number of imidazole rings is 1. The SMILES string of the molecule is C[C@H]1N=C(c2ccccc2[N+](=O)[O-])c2cc(C3(C)CCC3)ccc2-n2cnc(C(N)=O)c21. The van der Waals surface area contributed by atoms with Gasteiger partial charge in [-0.1, -0.05) is 31.5 Å². The van der Waals surface area contributed by atoms with E-state index in [0.717, 1.165) is 24.1 Å². The summed E-state index contributed by atoms with van der Waals surface area (Å²) < 4.78 is 1.83. The minimum atomic E-state index is -0.630. The smallest absolute Gasteiger partial charge is 0.278 e. The van der Waals surface area contributed by atoms with Gasteiger partial charge >= 0.3 is 0 Å². The number of amides is 1. The number of benzene rings is 2. The van der Waals surface area contributed by atoms with Gasteiger partial charge in [0.05, 0.1) is 33.6 Å². The predicted octanol–water partition coefficient (Wildman–Crippen LogP) is 4.23. The number of aromatic nitrogens is 2. The molecule has 2 aromatic carbocycles. The summed E-state index contributed by atoms with van der Waals surface area (Å²) in [6.45, 7) is 4.09. The number of aliphatic imine (C=N–C) groups is 1. The van der Waals surface area contributed by atoms with Crippen molar-refractivity contribution < 1.29 is 9.72 Å². The van der Waals surface area contributed by atoms with Gasteiger partial charge in [0.1, 0.15) is 6.33 Å². The first kappa shape index (κ1) is 20.1. The Morgan fingerprint density at radius 2 is 1.97 bits per heavy atom. The summed E-state index contributed by atoms with van der Waals surface area (Å²) in [5, 5.41) is 11.8. The molecule has 1 atom stereocenters. The van der Waals surface area contributed by atoms with E-state index in [-0.39, 0.29) is 21.7 Å². The van der Waals surface area contributed by atoms with Crippen molar-refractivity contribution in [1.29, 1.82) is 0 Å². The number of para-hydroxylation sites is 1. The van der Waals surface area contributed by atoms with Crippen LogP contribution >= 0.6 is 0 Å². The Balaban J connectivity index is 1.82. The van der Waals surface area contributed by atoms with Crippen LogP contribution in [-0.2, 0) is 5.41 Å². The first-order chi connectivity index (χ1) is 15.3. The van der Waals surface area contributed by atoms with Crippen LogP contribution in [0.5, 0.6) is 0 Å². The maximum Gasteiger partial charge on any atom is 0.278 e. The molecule has 1 aliphatic carbocycles. The van der Waals surface area contributed by atoms with Crippen LogP contribution in [0, 0.1) is 10.1 Å². The first-order valence-electron chi connectivity index (χ1n) is 10.6. The van der Waals surface area contributed by atoms with Crippen LogP contribution in [0.2, 0.25) is 0 Å². The Labute approximate surface area is 185 Å². The van der Waals surface area contributed by atoms with E-state index in [0.29, 0.717) is 17.0 Å². The Kier molecular flexibility index (Phi) is 4.47. The second-order valence-electron chi connectivity index (χ2n) is 8.79. The third-order valence-corrected chi connectivity index (χ3v) is 6.78. The molecular weight excluding hydrogens is 406 g/mol. The standard InChI is InChI=1S/C24H23N5O3/c1-14-22-21(23(25)30)26-13-28(22)18-9-8-15(24(2)10-5-11-24)12-17(18)20(27-14)16-6-3-4-7-19(16)29(31)32/h3-4,6-9,12-14H,5,10-11H2,1-2H3,(H2,25,30)/t14-/m1/s1. The molecule has 0 spiro atoms. The molecular formula is C24H23N5O3. The molecule has 8 nitrogen and oxygen atoms in total. The summed E-state index contributed by atoms with van der Waals surface area (Å²) in [6.07, 6.45) is 4.96. The molecule has 2 aliphatic rings. The van der Waals surface area contributed by atoms with Gasteiger partial charge in [0.2, 0.25) is 0 Å². The second-order valence-corrected chi connectivity index (χ2v) is 8.79. The molecule has 162 valence electrons. The fourth-order valence-corrected chi connectivity index (χ4v) is 4.82. The number of rotatable bonds is 4. The van der Waals surface area contributed by atoms with E-state index in [1.165, 1.54) is 18.1 Å². The van der Waals surface area contributed by atoms with Gasteiger partial charge in [-0.15, -0.1) is 0 Å². The Bertz CT molecular complexity index is 1300. The maximum absolute atomic E-state index is 12.0. The van der Waals surface area contributed by atoms with Crippen LogP contribution < -0.4 is 5.73 Å². The summed E-state index contributed by atoms with van der Waals surface area (Å²) in [7, 11) is 0. The van der Waals surface area contributed by atoms with E-state index in [9.17, 15) is 14.9 Å². The largest absolute Gasteiger partial charge is 0.364 e. The van der Waals surface area contributed by atoms with Crippen molar-refractivity contribution in [3.05, 3.63) is 87.0 Å². The zero-order valence-electron chi connectivity index (χ0n) is 17.9. The molecule has 2 heterocycles. The molecule has 2 N–H and O–H groups in total. The summed E-state index contributed by atoms with van der Waals surface area (Å²) in [6, 6.07) is 12.3.